The van der Waals surface area contributed by atoms with Crippen LogP contribution in [0.3, 0.4) is 0 Å². The predicted octanol–water partition coefficient (Wildman–Crippen LogP) is 2.52. The first-order chi connectivity index (χ1) is 10.0. The molecule has 1 atom stereocenters. The lowest BCUT2D eigenvalue weighted by Crippen LogP contribution is -2.18. The van der Waals surface area contributed by atoms with Crippen LogP contribution in [-0.2, 0) is 0 Å². The molecule has 0 aliphatic rings. The minimum Gasteiger partial charge on any atom is -0.368 e. The molecule has 3 aromatic heterocycles. The van der Waals surface area contributed by atoms with Crippen molar-refractivity contribution in [3.8, 4) is 0 Å². The molecule has 110 valence electrons. The van der Waals surface area contributed by atoms with E-state index in [2.05, 4.69) is 33.6 Å². The number of aromatic nitrogens is 5. The van der Waals surface area contributed by atoms with Crippen molar-refractivity contribution in [3.63, 3.8) is 0 Å². The second-order valence-corrected chi connectivity index (χ2v) is 5.57. The van der Waals surface area contributed by atoms with Crippen LogP contribution in [0.4, 0.5) is 5.82 Å². The number of fused-ring (bicyclic) bond motifs is 1. The maximum Gasteiger partial charge on any atom is 0.157 e. The maximum absolute atomic E-state index is 4.49. The average molecular weight is 284 g/mol. The van der Waals surface area contributed by atoms with Crippen molar-refractivity contribution >= 4 is 11.5 Å². The first kappa shape index (κ1) is 13.6. The largest absolute Gasteiger partial charge is 0.368 e. The van der Waals surface area contributed by atoms with E-state index in [1.165, 1.54) is 5.56 Å². The van der Waals surface area contributed by atoms with Crippen LogP contribution < -0.4 is 5.32 Å². The highest BCUT2D eigenvalue weighted by atomic mass is 15.3. The lowest BCUT2D eigenvalue weighted by molar-refractivity contribution is 0.511. The minimum atomic E-state index is 0.263. The Balaban J connectivity index is 1.81. The Bertz CT molecular complexity index is 770. The average Bonchev–Trinajstić information content (AvgIpc) is 3.00. The van der Waals surface area contributed by atoms with Crippen molar-refractivity contribution < 1.29 is 0 Å². The van der Waals surface area contributed by atoms with Gasteiger partial charge in [0.15, 0.2) is 5.65 Å². The number of hydrogen-bond donors (Lipinski definition) is 1. The van der Waals surface area contributed by atoms with Gasteiger partial charge in [-0.1, -0.05) is 0 Å². The van der Waals surface area contributed by atoms with Crippen molar-refractivity contribution in [1.82, 2.24) is 24.4 Å². The van der Waals surface area contributed by atoms with Crippen LogP contribution in [0.1, 0.15) is 29.9 Å². The molecular weight excluding hydrogens is 264 g/mol. The van der Waals surface area contributed by atoms with Crippen LogP contribution in [0.15, 0.2) is 24.5 Å². The molecule has 0 amide bonds. The van der Waals surface area contributed by atoms with Gasteiger partial charge in [-0.25, -0.2) is 4.98 Å². The summed E-state index contributed by atoms with van der Waals surface area (Å²) < 4.78 is 3.82. The summed E-state index contributed by atoms with van der Waals surface area (Å²) in [6.45, 7) is 8.93. The second-order valence-electron chi connectivity index (χ2n) is 5.57. The highest BCUT2D eigenvalue weighted by Crippen LogP contribution is 2.15. The van der Waals surface area contributed by atoms with E-state index in [-0.39, 0.29) is 6.04 Å². The van der Waals surface area contributed by atoms with Gasteiger partial charge in [0, 0.05) is 30.6 Å². The van der Waals surface area contributed by atoms with Gasteiger partial charge < -0.3 is 5.32 Å². The Morgan fingerprint density at radius 2 is 2.00 bits per heavy atom. The fourth-order valence-electron chi connectivity index (χ4n) is 2.36. The molecule has 6 heteroatoms. The van der Waals surface area contributed by atoms with Gasteiger partial charge in [0.25, 0.3) is 0 Å². The summed E-state index contributed by atoms with van der Waals surface area (Å²) in [5, 5.41) is 12.3. The lowest BCUT2D eigenvalue weighted by Gasteiger charge is -2.15. The third kappa shape index (κ3) is 2.74. The zero-order chi connectivity index (χ0) is 15.0. The fourth-order valence-corrected chi connectivity index (χ4v) is 2.36. The molecule has 0 radical (unpaired) electrons. The van der Waals surface area contributed by atoms with Crippen LogP contribution in [0.5, 0.6) is 0 Å². The van der Waals surface area contributed by atoms with E-state index in [4.69, 9.17) is 0 Å². The Hall–Kier alpha value is -2.37. The standard InChI is InChI=1S/C15H20N6/c1-10-7-17-20(9-10)13(4)8-16-14-5-11(2)18-15-6-12(3)19-21(14)15/h5-7,9,13,16H,8H2,1-4H3/t13-/m1/s1. The van der Waals surface area contributed by atoms with Gasteiger partial charge in [-0.05, 0) is 33.3 Å². The SMILES string of the molecule is Cc1cnn([C@H](C)CNc2cc(C)nc3cc(C)nn23)c1. The molecule has 0 spiro atoms. The van der Waals surface area contributed by atoms with E-state index in [9.17, 15) is 0 Å². The van der Waals surface area contributed by atoms with Crippen molar-refractivity contribution in [2.45, 2.75) is 33.7 Å². The Morgan fingerprint density at radius 1 is 1.19 bits per heavy atom. The number of anilines is 1. The van der Waals surface area contributed by atoms with Crippen LogP contribution in [0, 0.1) is 20.8 Å². The summed E-state index contributed by atoms with van der Waals surface area (Å²) in [5.41, 5.74) is 3.99. The molecule has 0 fully saturated rings. The maximum atomic E-state index is 4.49. The molecular formula is C15H20N6. The van der Waals surface area contributed by atoms with Gasteiger partial charge >= 0.3 is 0 Å². The summed E-state index contributed by atoms with van der Waals surface area (Å²) in [6.07, 6.45) is 3.93. The van der Waals surface area contributed by atoms with E-state index in [0.29, 0.717) is 0 Å². The molecule has 1 N–H and O–H groups in total. The molecule has 0 aromatic carbocycles. The first-order valence-corrected chi connectivity index (χ1v) is 7.11. The van der Waals surface area contributed by atoms with E-state index in [1.54, 1.807) is 0 Å². The quantitative estimate of drug-likeness (QED) is 0.799. The lowest BCUT2D eigenvalue weighted by atomic mass is 10.3. The molecule has 0 saturated heterocycles. The molecule has 21 heavy (non-hydrogen) atoms. The van der Waals surface area contributed by atoms with Gasteiger partial charge in [0.1, 0.15) is 5.82 Å². The van der Waals surface area contributed by atoms with Crippen molar-refractivity contribution in [1.29, 1.82) is 0 Å². The number of hydrogen-bond acceptors (Lipinski definition) is 4. The Labute approximate surface area is 123 Å². The van der Waals surface area contributed by atoms with E-state index < -0.39 is 0 Å². The van der Waals surface area contributed by atoms with E-state index in [1.807, 2.05) is 48.3 Å². The van der Waals surface area contributed by atoms with Gasteiger partial charge in [-0.2, -0.15) is 14.7 Å². The van der Waals surface area contributed by atoms with Crippen molar-refractivity contribution in [2.75, 3.05) is 11.9 Å². The molecule has 0 unspecified atom stereocenters. The summed E-state index contributed by atoms with van der Waals surface area (Å²) >= 11 is 0. The normalized spacial score (nSPS) is 12.8. The summed E-state index contributed by atoms with van der Waals surface area (Å²) in [5.74, 6) is 0.960. The molecule has 3 aromatic rings. The number of aryl methyl sites for hydroxylation is 3. The number of nitrogens with zero attached hydrogens (tertiary/aromatic N) is 5. The van der Waals surface area contributed by atoms with Gasteiger partial charge in [0.05, 0.1) is 17.9 Å². The highest BCUT2D eigenvalue weighted by molar-refractivity contribution is 5.50. The molecule has 6 nitrogen and oxygen atoms in total. The molecule has 3 rings (SSSR count). The third-order valence-corrected chi connectivity index (χ3v) is 3.44. The summed E-state index contributed by atoms with van der Waals surface area (Å²) in [7, 11) is 0. The summed E-state index contributed by atoms with van der Waals surface area (Å²) in [6, 6.07) is 4.26. The Morgan fingerprint density at radius 3 is 2.71 bits per heavy atom. The topological polar surface area (TPSA) is 60.0 Å². The van der Waals surface area contributed by atoms with Crippen LogP contribution >= 0.6 is 0 Å². The first-order valence-electron chi connectivity index (χ1n) is 7.11. The minimum absolute atomic E-state index is 0.263. The third-order valence-electron chi connectivity index (χ3n) is 3.44. The van der Waals surface area contributed by atoms with Crippen molar-refractivity contribution in [3.05, 3.63) is 41.5 Å². The second kappa shape index (κ2) is 5.20. The summed E-state index contributed by atoms with van der Waals surface area (Å²) in [4.78, 5) is 4.49. The van der Waals surface area contributed by atoms with Gasteiger partial charge in [-0.15, -0.1) is 0 Å². The molecule has 0 aliphatic heterocycles. The predicted molar refractivity (Wildman–Crippen MR) is 82.6 cm³/mol. The molecule has 0 aliphatic carbocycles. The van der Waals surface area contributed by atoms with E-state index in [0.717, 1.165) is 29.4 Å². The highest BCUT2D eigenvalue weighted by Gasteiger charge is 2.09. The number of nitrogens with one attached hydrogen (secondary N) is 1. The number of rotatable bonds is 4. The van der Waals surface area contributed by atoms with Crippen LogP contribution in [0.2, 0.25) is 0 Å². The monoisotopic (exact) mass is 284 g/mol. The zero-order valence-corrected chi connectivity index (χ0v) is 12.8. The smallest absolute Gasteiger partial charge is 0.157 e. The van der Waals surface area contributed by atoms with E-state index >= 15 is 0 Å². The Kier molecular flexibility index (Phi) is 3.37. The molecule has 3 heterocycles. The van der Waals surface area contributed by atoms with Gasteiger partial charge in [-0.3, -0.25) is 4.68 Å². The van der Waals surface area contributed by atoms with Gasteiger partial charge in [0.2, 0.25) is 0 Å². The molecule has 0 saturated carbocycles. The van der Waals surface area contributed by atoms with Crippen molar-refractivity contribution in [2.24, 2.45) is 0 Å². The molecule has 0 bridgehead atoms. The van der Waals surface area contributed by atoms with Crippen LogP contribution in [0.25, 0.3) is 5.65 Å². The fraction of sp³-hybridized carbons (Fsp3) is 0.400. The zero-order valence-electron chi connectivity index (χ0n) is 12.8. The van der Waals surface area contributed by atoms with Crippen LogP contribution in [-0.4, -0.2) is 30.9 Å².